The molecule has 99 heavy (non-hydrogen) atoms. The van der Waals surface area contributed by atoms with Gasteiger partial charge in [0.15, 0.2) is 18.9 Å². The van der Waals surface area contributed by atoms with Crippen molar-refractivity contribution in [2.75, 3.05) is 126 Å². The van der Waals surface area contributed by atoms with Crippen molar-refractivity contribution >= 4 is 53.2 Å². The van der Waals surface area contributed by atoms with Crippen LogP contribution in [-0.2, 0) is 90.5 Å². The van der Waals surface area contributed by atoms with E-state index >= 15 is 0 Å². The van der Waals surface area contributed by atoms with Crippen molar-refractivity contribution in [3.8, 4) is 0 Å². The van der Waals surface area contributed by atoms with Gasteiger partial charge in [0.2, 0.25) is 53.2 Å². The van der Waals surface area contributed by atoms with E-state index in [-0.39, 0.29) is 159 Å². The van der Waals surface area contributed by atoms with Crippen LogP contribution in [0.3, 0.4) is 0 Å². The molecular formula is C63H113N9O27. The fourth-order valence-electron chi connectivity index (χ4n) is 10.6. The van der Waals surface area contributed by atoms with Crippen molar-refractivity contribution < 1.29 is 131 Å². The first-order valence-electron chi connectivity index (χ1n) is 34.1. The Morgan fingerprint density at radius 1 is 0.364 bits per heavy atom. The zero-order valence-electron chi connectivity index (χ0n) is 57.8. The molecular weight excluding hydrogens is 1310 g/mol. The third kappa shape index (κ3) is 35.3. The van der Waals surface area contributed by atoms with Crippen LogP contribution in [0.5, 0.6) is 0 Å². The predicted octanol–water partition coefficient (Wildman–Crippen LogP) is -5.87. The Bertz CT molecular complexity index is 2270. The van der Waals surface area contributed by atoms with E-state index in [0.29, 0.717) is 77.4 Å². The summed E-state index contributed by atoms with van der Waals surface area (Å²) in [6, 6.07) is -2.97. The maximum absolute atomic E-state index is 12.7. The molecule has 36 heteroatoms. The molecule has 0 aliphatic carbocycles. The van der Waals surface area contributed by atoms with Gasteiger partial charge >= 0.3 is 0 Å². The molecule has 3 aliphatic heterocycles. The quantitative estimate of drug-likeness (QED) is 0.0252. The van der Waals surface area contributed by atoms with Gasteiger partial charge in [-0.05, 0) is 57.8 Å². The number of unbranched alkanes of at least 4 members (excludes halogenated alkanes) is 3. The Kier molecular flexibility index (Phi) is 44.3. The Morgan fingerprint density at radius 2 is 0.636 bits per heavy atom. The molecule has 3 fully saturated rings. The molecule has 3 heterocycles. The monoisotopic (exact) mass is 1430 g/mol. The SMILES string of the molecule is COC1C(O)C(CO)OC(OCCCCC(=O)NCCCNC(=O)CCOCC(C)(COCCC(=O)NCCCNC(=O)CCCCOC2OC(CO)C(O)C(O)C2NC(C)=O)COCCC(=O)NCCCNC(=O)CCCCOC2OC(CO)C(O)C(O)C2NC(C)=O)C1NC(C)=O. The lowest BCUT2D eigenvalue weighted by Crippen LogP contribution is -2.65. The number of hydrogen-bond acceptors (Lipinski definition) is 27. The Hall–Kier alpha value is -5.49. The van der Waals surface area contributed by atoms with Crippen LogP contribution in [0.1, 0.15) is 124 Å². The molecule has 0 aromatic carbocycles. The van der Waals surface area contributed by atoms with E-state index < -0.39 is 129 Å². The zero-order valence-corrected chi connectivity index (χ0v) is 57.8. The molecule has 0 radical (unpaired) electrons. The minimum absolute atomic E-state index is 0.0217. The number of nitrogens with one attached hydrogen (secondary N) is 9. The maximum atomic E-state index is 12.7. The fraction of sp³-hybridized carbons (Fsp3) is 0.857. The lowest BCUT2D eigenvalue weighted by molar-refractivity contribution is -0.273. The Labute approximate surface area is 577 Å². The number of amides is 9. The molecule has 0 saturated carbocycles. The first-order valence-corrected chi connectivity index (χ1v) is 34.1. The highest BCUT2D eigenvalue weighted by molar-refractivity contribution is 5.78. The van der Waals surface area contributed by atoms with Crippen molar-refractivity contribution in [3.63, 3.8) is 0 Å². The molecule has 3 rings (SSSR count). The van der Waals surface area contributed by atoms with Crippen LogP contribution in [-0.4, -0.2) is 312 Å². The summed E-state index contributed by atoms with van der Waals surface area (Å²) in [6.07, 6.45) is -9.65. The van der Waals surface area contributed by atoms with Crippen LogP contribution in [0, 0.1) is 5.41 Å². The van der Waals surface area contributed by atoms with E-state index in [4.69, 9.17) is 47.4 Å². The van der Waals surface area contributed by atoms with E-state index in [9.17, 15) is 84.0 Å². The van der Waals surface area contributed by atoms with E-state index in [1.807, 2.05) is 6.92 Å². The normalized spacial score (nSPS) is 25.8. The number of carbonyl (C=O) groups is 9. The van der Waals surface area contributed by atoms with Gasteiger partial charge in [0.25, 0.3) is 0 Å². The summed E-state index contributed by atoms with van der Waals surface area (Å²) in [5.74, 6) is -2.81. The van der Waals surface area contributed by atoms with Gasteiger partial charge in [0, 0.05) is 131 Å². The van der Waals surface area contributed by atoms with Gasteiger partial charge in [-0.2, -0.15) is 0 Å². The summed E-state index contributed by atoms with van der Waals surface area (Å²) in [5.41, 5.74) is -0.787. The minimum Gasteiger partial charge on any atom is -0.394 e. The van der Waals surface area contributed by atoms with Crippen LogP contribution in [0.4, 0.5) is 0 Å². The highest BCUT2D eigenvalue weighted by Gasteiger charge is 2.48. The van der Waals surface area contributed by atoms with Crippen LogP contribution < -0.4 is 47.9 Å². The summed E-state index contributed by atoms with van der Waals surface area (Å²) in [4.78, 5) is 111. The van der Waals surface area contributed by atoms with Gasteiger partial charge in [0.1, 0.15) is 73.1 Å². The van der Waals surface area contributed by atoms with Crippen molar-refractivity contribution in [1.82, 2.24) is 47.9 Å². The van der Waals surface area contributed by atoms with Gasteiger partial charge in [-0.3, -0.25) is 43.2 Å². The molecule has 15 atom stereocenters. The van der Waals surface area contributed by atoms with E-state index in [1.165, 1.54) is 27.9 Å². The third-order valence-corrected chi connectivity index (χ3v) is 16.0. The lowest BCUT2D eigenvalue weighted by Gasteiger charge is -2.43. The summed E-state index contributed by atoms with van der Waals surface area (Å²) in [7, 11) is 1.37. The molecule has 572 valence electrons. The van der Waals surface area contributed by atoms with Crippen LogP contribution in [0.15, 0.2) is 0 Å². The molecule has 9 amide bonds. The van der Waals surface area contributed by atoms with Crippen LogP contribution in [0.2, 0.25) is 0 Å². The number of aliphatic hydroxyl groups is 8. The van der Waals surface area contributed by atoms with Crippen molar-refractivity contribution in [2.24, 2.45) is 5.41 Å². The second kappa shape index (κ2) is 50.0. The van der Waals surface area contributed by atoms with E-state index in [2.05, 4.69) is 47.9 Å². The molecule has 0 spiro atoms. The topological polar surface area (TPSA) is 516 Å². The van der Waals surface area contributed by atoms with Crippen molar-refractivity contribution in [1.29, 1.82) is 0 Å². The standard InChI is InChI=1S/C63H113N9O27/c1-39(76)70-51-57(88)54(85)42(33-73)97-60(51)94-27-9-6-15-45(79)64-21-12-24-67-48(82)18-30-91-36-63(4,37-92-31-19-49(83)68-25-13-22-65-46(80)16-7-10-28-95-61-52(71-40(2)77)58(89)55(86)43(34-74)98-61)38-93-32-20-50(84)69-26-14-23-66-47(81)17-8-11-29-96-62-53(72-41(3)78)59(90-5)56(87)44(35-75)99-62/h42-44,51-62,73-75,85-89H,6-38H2,1-5H3,(H,64,79)(H,65,80)(H,66,81)(H,67,82)(H,68,83)(H,69,84)(H,70,76)(H,71,77)(H,72,78). The first-order chi connectivity index (χ1) is 47.4. The summed E-state index contributed by atoms with van der Waals surface area (Å²) in [6.45, 7) is 6.50. The second-order valence-electron chi connectivity index (χ2n) is 24.9. The van der Waals surface area contributed by atoms with Crippen molar-refractivity contribution in [2.45, 2.75) is 216 Å². The molecule has 15 unspecified atom stereocenters. The summed E-state index contributed by atoms with van der Waals surface area (Å²) < 4.78 is 57.1. The number of ether oxygens (including phenoxy) is 10. The second-order valence-corrected chi connectivity index (χ2v) is 24.9. The molecule has 0 aromatic heterocycles. The maximum Gasteiger partial charge on any atom is 0.222 e. The molecule has 36 nitrogen and oxygen atoms in total. The van der Waals surface area contributed by atoms with E-state index in [0.717, 1.165) is 0 Å². The smallest absolute Gasteiger partial charge is 0.222 e. The number of rotatable bonds is 52. The van der Waals surface area contributed by atoms with Gasteiger partial charge < -0.3 is 136 Å². The van der Waals surface area contributed by atoms with Crippen molar-refractivity contribution in [3.05, 3.63) is 0 Å². The summed E-state index contributed by atoms with van der Waals surface area (Å²) in [5, 5.41) is 105. The van der Waals surface area contributed by atoms with Gasteiger partial charge in [0.05, 0.1) is 59.5 Å². The van der Waals surface area contributed by atoms with Gasteiger partial charge in [-0.1, -0.05) is 6.92 Å². The molecule has 3 aliphatic rings. The highest BCUT2D eigenvalue weighted by atomic mass is 16.7. The molecule has 3 saturated heterocycles. The Morgan fingerprint density at radius 3 is 0.919 bits per heavy atom. The number of aliphatic hydroxyl groups excluding tert-OH is 8. The first kappa shape index (κ1) is 87.7. The van der Waals surface area contributed by atoms with E-state index in [1.54, 1.807) is 0 Å². The Balaban J connectivity index is 1.34. The van der Waals surface area contributed by atoms with Crippen LogP contribution >= 0.6 is 0 Å². The molecule has 0 bridgehead atoms. The third-order valence-electron chi connectivity index (χ3n) is 16.0. The van der Waals surface area contributed by atoms with Crippen LogP contribution in [0.25, 0.3) is 0 Å². The minimum atomic E-state index is -1.44. The largest absolute Gasteiger partial charge is 0.394 e. The number of hydrogen-bond donors (Lipinski definition) is 17. The molecule has 17 N–H and O–H groups in total. The zero-order chi connectivity index (χ0) is 73.1. The van der Waals surface area contributed by atoms with Gasteiger partial charge in [-0.25, -0.2) is 0 Å². The highest BCUT2D eigenvalue weighted by Crippen LogP contribution is 2.27. The number of carbonyl (C=O) groups excluding carboxylic acids is 9. The predicted molar refractivity (Wildman–Crippen MR) is 347 cm³/mol. The van der Waals surface area contributed by atoms with Gasteiger partial charge in [-0.15, -0.1) is 0 Å². The lowest BCUT2D eigenvalue weighted by atomic mass is 9.94. The summed E-state index contributed by atoms with van der Waals surface area (Å²) >= 11 is 0. The fourth-order valence-corrected chi connectivity index (χ4v) is 10.6. The number of methoxy groups -OCH3 is 1. The average Bonchev–Trinajstić information content (AvgIpc) is 0.822. The molecule has 0 aromatic rings. The average molecular weight is 1430 g/mol.